The predicted octanol–water partition coefficient (Wildman–Crippen LogP) is 3.73. The van der Waals surface area contributed by atoms with Gasteiger partial charge >= 0.3 is 0 Å². The molecule has 0 fully saturated rings. The van der Waals surface area contributed by atoms with Crippen molar-refractivity contribution in [1.82, 2.24) is 0 Å². The van der Waals surface area contributed by atoms with E-state index in [1.807, 2.05) is 0 Å². The summed E-state index contributed by atoms with van der Waals surface area (Å²) in [7, 11) is 1.52. The van der Waals surface area contributed by atoms with E-state index >= 15 is 0 Å². The van der Waals surface area contributed by atoms with E-state index in [-0.39, 0.29) is 5.91 Å². The van der Waals surface area contributed by atoms with E-state index < -0.39 is 5.60 Å². The van der Waals surface area contributed by atoms with Gasteiger partial charge < -0.3 is 20.5 Å². The lowest BCUT2D eigenvalue weighted by molar-refractivity contribution is -0.128. The summed E-state index contributed by atoms with van der Waals surface area (Å²) < 4.78 is 11.0. The maximum Gasteiger partial charge on any atom is 0.268 e. The molecule has 3 N–H and O–H groups in total. The molecule has 0 radical (unpaired) electrons. The van der Waals surface area contributed by atoms with E-state index in [9.17, 15) is 4.79 Å². The lowest BCUT2D eigenvalue weighted by Gasteiger charge is -2.25. The highest BCUT2D eigenvalue weighted by molar-refractivity contribution is 6.30. The number of nitrogens with one attached hydrogen (secondary N) is 1. The number of nitrogens with two attached hydrogens (primary N) is 1. The topological polar surface area (TPSA) is 73.6 Å². The van der Waals surface area contributed by atoms with E-state index in [0.717, 1.165) is 0 Å². The predicted molar refractivity (Wildman–Crippen MR) is 92.2 cm³/mol. The first-order valence-electron chi connectivity index (χ1n) is 7.01. The van der Waals surface area contributed by atoms with Crippen LogP contribution in [0.1, 0.15) is 13.8 Å². The van der Waals surface area contributed by atoms with Gasteiger partial charge in [0, 0.05) is 10.7 Å². The number of rotatable bonds is 5. The Morgan fingerprint density at radius 1 is 1.17 bits per heavy atom. The molecule has 1 amide bonds. The second kappa shape index (κ2) is 6.79. The molecule has 0 heterocycles. The molecule has 0 saturated carbocycles. The third-order valence-corrected chi connectivity index (χ3v) is 3.46. The molecule has 5 nitrogen and oxygen atoms in total. The minimum absolute atomic E-state index is 0.323. The number of halogens is 1. The number of carbonyl (C=O) groups excluding carboxylic acids is 1. The second-order valence-corrected chi connectivity index (χ2v) is 5.92. The number of anilines is 2. The van der Waals surface area contributed by atoms with Gasteiger partial charge in [-0.05, 0) is 56.3 Å². The molecule has 0 unspecified atom stereocenters. The number of hydrogen-bond donors (Lipinski definition) is 2. The Hall–Kier alpha value is -2.40. The minimum atomic E-state index is -1.09. The van der Waals surface area contributed by atoms with Gasteiger partial charge in [-0.1, -0.05) is 11.6 Å². The molecule has 2 rings (SSSR count). The van der Waals surface area contributed by atoms with Crippen LogP contribution in [-0.4, -0.2) is 18.6 Å². The Bertz CT molecular complexity index is 699. The maximum atomic E-state index is 12.5. The van der Waals surface area contributed by atoms with Gasteiger partial charge in [0.2, 0.25) is 0 Å². The van der Waals surface area contributed by atoms with Gasteiger partial charge in [-0.2, -0.15) is 0 Å². The Morgan fingerprint density at radius 3 is 2.43 bits per heavy atom. The Labute approximate surface area is 140 Å². The highest BCUT2D eigenvalue weighted by atomic mass is 35.5. The summed E-state index contributed by atoms with van der Waals surface area (Å²) in [5, 5.41) is 3.38. The fourth-order valence-corrected chi connectivity index (χ4v) is 2.07. The molecule has 0 saturated heterocycles. The molecule has 0 aliphatic rings. The Morgan fingerprint density at radius 2 is 1.83 bits per heavy atom. The van der Waals surface area contributed by atoms with Crippen molar-refractivity contribution in [3.05, 3.63) is 47.5 Å². The number of ether oxygens (including phenoxy) is 2. The number of hydrogen-bond acceptors (Lipinski definition) is 4. The van der Waals surface area contributed by atoms with Gasteiger partial charge in [-0.15, -0.1) is 0 Å². The first-order valence-corrected chi connectivity index (χ1v) is 7.39. The monoisotopic (exact) mass is 334 g/mol. The summed E-state index contributed by atoms with van der Waals surface area (Å²) in [6.07, 6.45) is 0. The van der Waals surface area contributed by atoms with Crippen LogP contribution in [0, 0.1) is 0 Å². The van der Waals surface area contributed by atoms with Crippen molar-refractivity contribution in [1.29, 1.82) is 0 Å². The highest BCUT2D eigenvalue weighted by Crippen LogP contribution is 2.28. The zero-order valence-electron chi connectivity index (χ0n) is 13.2. The molecule has 0 bridgehead atoms. The third-order valence-electron chi connectivity index (χ3n) is 3.21. The Balaban J connectivity index is 2.15. The average Bonchev–Trinajstić information content (AvgIpc) is 2.49. The van der Waals surface area contributed by atoms with Crippen LogP contribution in [0.25, 0.3) is 0 Å². The maximum absolute atomic E-state index is 12.5. The van der Waals surface area contributed by atoms with Crippen LogP contribution in [0.2, 0.25) is 5.02 Å². The van der Waals surface area contributed by atoms with E-state index in [2.05, 4.69) is 5.32 Å². The molecule has 0 aromatic heterocycles. The van der Waals surface area contributed by atoms with E-state index in [4.69, 9.17) is 26.8 Å². The van der Waals surface area contributed by atoms with E-state index in [1.165, 1.54) is 7.11 Å². The van der Waals surface area contributed by atoms with Gasteiger partial charge in [-0.3, -0.25) is 4.79 Å². The summed E-state index contributed by atoms with van der Waals surface area (Å²) in [6.45, 7) is 3.35. The molecule has 122 valence electrons. The van der Waals surface area contributed by atoms with Gasteiger partial charge in [0.25, 0.3) is 5.91 Å². The number of methoxy groups -OCH3 is 1. The van der Waals surface area contributed by atoms with Crippen molar-refractivity contribution in [2.75, 3.05) is 18.2 Å². The van der Waals surface area contributed by atoms with Gasteiger partial charge in [0.05, 0.1) is 12.8 Å². The molecule has 0 spiro atoms. The minimum Gasteiger partial charge on any atom is -0.495 e. The van der Waals surface area contributed by atoms with Crippen LogP contribution in [-0.2, 0) is 4.79 Å². The number of amides is 1. The molecule has 6 heteroatoms. The van der Waals surface area contributed by atoms with Crippen molar-refractivity contribution < 1.29 is 14.3 Å². The number of benzene rings is 2. The lowest BCUT2D eigenvalue weighted by atomic mass is 10.1. The third kappa shape index (κ3) is 4.29. The molecule has 2 aromatic rings. The van der Waals surface area contributed by atoms with Crippen molar-refractivity contribution in [3.63, 3.8) is 0 Å². The Kier molecular flexibility index (Phi) is 5.01. The number of carbonyl (C=O) groups is 1. The zero-order chi connectivity index (χ0) is 17.0. The summed E-state index contributed by atoms with van der Waals surface area (Å²) in [5.74, 6) is 0.750. The van der Waals surface area contributed by atoms with Crippen molar-refractivity contribution >= 4 is 28.9 Å². The van der Waals surface area contributed by atoms with Crippen molar-refractivity contribution in [2.45, 2.75) is 19.4 Å². The van der Waals surface area contributed by atoms with E-state index in [0.29, 0.717) is 27.9 Å². The van der Waals surface area contributed by atoms with Crippen LogP contribution in [0.4, 0.5) is 11.4 Å². The lowest BCUT2D eigenvalue weighted by Crippen LogP contribution is -2.42. The molecular weight excluding hydrogens is 316 g/mol. The van der Waals surface area contributed by atoms with Crippen LogP contribution >= 0.6 is 11.6 Å². The quantitative estimate of drug-likeness (QED) is 0.817. The molecule has 0 aliphatic carbocycles. The van der Waals surface area contributed by atoms with E-state index in [1.54, 1.807) is 56.3 Å². The summed E-state index contributed by atoms with van der Waals surface area (Å²) in [5.41, 5.74) is 5.68. The average molecular weight is 335 g/mol. The van der Waals surface area contributed by atoms with Gasteiger partial charge in [-0.25, -0.2) is 0 Å². The van der Waals surface area contributed by atoms with Gasteiger partial charge in [0.15, 0.2) is 5.60 Å². The smallest absolute Gasteiger partial charge is 0.268 e. The largest absolute Gasteiger partial charge is 0.495 e. The molecular formula is C17H19ClN2O3. The fraction of sp³-hybridized carbons (Fsp3) is 0.235. The standard InChI is InChI=1S/C17H19ClN2O3/c1-17(2,23-13-7-4-11(18)5-8-13)16(21)20-14-10-12(19)6-9-15(14)22-3/h4-10H,19H2,1-3H3,(H,20,21). The second-order valence-electron chi connectivity index (χ2n) is 5.48. The molecule has 0 aliphatic heterocycles. The molecule has 23 heavy (non-hydrogen) atoms. The normalized spacial score (nSPS) is 11.0. The summed E-state index contributed by atoms with van der Waals surface area (Å²) in [6, 6.07) is 11.8. The first-order chi connectivity index (χ1) is 10.8. The van der Waals surface area contributed by atoms with Crippen molar-refractivity contribution in [3.8, 4) is 11.5 Å². The first kappa shape index (κ1) is 17.0. The highest BCUT2D eigenvalue weighted by Gasteiger charge is 2.30. The van der Waals surface area contributed by atoms with Gasteiger partial charge in [0.1, 0.15) is 11.5 Å². The van der Waals surface area contributed by atoms with Crippen molar-refractivity contribution in [2.24, 2.45) is 0 Å². The SMILES string of the molecule is COc1ccc(N)cc1NC(=O)C(C)(C)Oc1ccc(Cl)cc1. The van der Waals surface area contributed by atoms with Crippen LogP contribution in [0.15, 0.2) is 42.5 Å². The summed E-state index contributed by atoms with van der Waals surface area (Å²) in [4.78, 5) is 12.5. The molecule has 2 aromatic carbocycles. The van der Waals surface area contributed by atoms with Crippen LogP contribution in [0.5, 0.6) is 11.5 Å². The number of nitrogen functional groups attached to an aromatic ring is 1. The fourth-order valence-electron chi connectivity index (χ4n) is 1.94. The molecule has 0 atom stereocenters. The van der Waals surface area contributed by atoms with Crippen LogP contribution in [0.3, 0.4) is 0 Å². The zero-order valence-corrected chi connectivity index (χ0v) is 14.0. The van der Waals surface area contributed by atoms with Crippen LogP contribution < -0.4 is 20.5 Å². The summed E-state index contributed by atoms with van der Waals surface area (Å²) >= 11 is 5.84.